The molecule has 1 nitrogen and oxygen atoms in total. The fourth-order valence-corrected chi connectivity index (χ4v) is 0. The zero-order chi connectivity index (χ0) is 3.58. The summed E-state index contributed by atoms with van der Waals surface area (Å²) in [6.45, 7) is 0. The molecule has 0 radical (unpaired) electrons. The van der Waals surface area contributed by atoms with Crippen molar-refractivity contribution < 1.29 is 10.1 Å². The zero-order valence-electron chi connectivity index (χ0n) is 2.06. The molecule has 0 unspecified atom stereocenters. The van der Waals surface area contributed by atoms with Crippen LogP contribution in [-0.4, -0.2) is 0 Å². The van der Waals surface area contributed by atoms with Crippen LogP contribution in [-0.2, 0) is 10.1 Å². The predicted octanol–water partition coefficient (Wildman–Crippen LogP) is 3.25. The van der Waals surface area contributed by atoms with E-state index in [4.69, 9.17) is 0 Å². The molecule has 0 aromatic heterocycles. The molecule has 0 spiro atoms. The first kappa shape index (κ1) is 10.1. The minimum absolute atomic E-state index is 0. The van der Waals surface area contributed by atoms with E-state index in [1.807, 2.05) is 0 Å². The van der Waals surface area contributed by atoms with Crippen LogP contribution in [0.4, 0.5) is 0 Å². The van der Waals surface area contributed by atoms with E-state index in [0.717, 1.165) is 0 Å². The van der Waals surface area contributed by atoms with E-state index >= 15 is 0 Å². The fourth-order valence-electron chi connectivity index (χ4n) is 0. The van der Waals surface area contributed by atoms with E-state index in [1.165, 1.54) is 0 Å². The summed E-state index contributed by atoms with van der Waals surface area (Å²) >= 11 is 9.74. The summed E-state index contributed by atoms with van der Waals surface area (Å²) in [6.07, 6.45) is 0. The van der Waals surface area contributed by atoms with Gasteiger partial charge in [-0.1, -0.05) is 0 Å². The molecule has 0 amide bonds. The first-order chi connectivity index (χ1) is 1.73. The van der Waals surface area contributed by atoms with Crippen LogP contribution in [0.5, 0.6) is 0 Å². The molecule has 0 bridgehead atoms. The van der Waals surface area contributed by atoms with Gasteiger partial charge >= 0.3 is 50.9 Å². The molecule has 0 atom stereocenters. The van der Waals surface area contributed by atoms with Gasteiger partial charge in [-0.3, -0.25) is 0 Å². The Morgan fingerprint density at radius 1 is 1.00 bits per heavy atom. The van der Waals surface area contributed by atoms with Gasteiger partial charge in [-0.2, -0.15) is 0 Å². The third-order valence-corrected chi connectivity index (χ3v) is 0. The number of halogens is 3. The maximum atomic E-state index is 3.25. The molecule has 0 aliphatic heterocycles. The van der Waals surface area contributed by atoms with Gasteiger partial charge in [0.1, 0.15) is 0 Å². The quantitative estimate of drug-likeness (QED) is 0.597. The van der Waals surface area contributed by atoms with Crippen LogP contribution in [0.2, 0.25) is 0 Å². The molecule has 5 heavy (non-hydrogen) atoms. The SMILES string of the molecule is [Br][Ru]([Br])[Br].[NH2-]. The smallest absolute Gasteiger partial charge is 0.693 e. The van der Waals surface area contributed by atoms with Crippen molar-refractivity contribution in [2.75, 3.05) is 0 Å². The summed E-state index contributed by atoms with van der Waals surface area (Å²) in [7, 11) is -0.732. The minimum Gasteiger partial charge on any atom is -0.693 e. The van der Waals surface area contributed by atoms with Gasteiger partial charge < -0.3 is 6.15 Å². The Hall–Kier alpha value is 2.02. The molecule has 0 rings (SSSR count). The summed E-state index contributed by atoms with van der Waals surface area (Å²) in [6, 6.07) is 0. The first-order valence-corrected chi connectivity index (χ1v) is 12.3. The van der Waals surface area contributed by atoms with Gasteiger partial charge in [-0.05, 0) is 0 Å². The molecule has 0 saturated carbocycles. The van der Waals surface area contributed by atoms with Gasteiger partial charge in [0.05, 0.1) is 0 Å². The third-order valence-electron chi connectivity index (χ3n) is 0. The van der Waals surface area contributed by atoms with Gasteiger partial charge in [-0.15, -0.1) is 0 Å². The molecule has 0 aliphatic rings. The average molecular weight is 357 g/mol. The molecule has 5 heteroatoms. The normalized spacial score (nSPS) is 9.00. The molecular weight excluding hydrogens is 355 g/mol. The van der Waals surface area contributed by atoms with Crippen molar-refractivity contribution in [1.29, 1.82) is 0 Å². The van der Waals surface area contributed by atoms with E-state index in [-0.39, 0.29) is 6.15 Å². The number of hydrogen-bond donors (Lipinski definition) is 0. The topological polar surface area (TPSA) is 33.5 Å². The Balaban J connectivity index is 0. The largest absolute Gasteiger partial charge is 0.693 e. The zero-order valence-corrected chi connectivity index (χ0v) is 8.56. The Labute approximate surface area is 56.4 Å². The van der Waals surface area contributed by atoms with Crippen LogP contribution in [0.1, 0.15) is 0 Å². The molecule has 0 heterocycles. The maximum absolute atomic E-state index is 3.25. The summed E-state index contributed by atoms with van der Waals surface area (Å²) < 4.78 is 0. The van der Waals surface area contributed by atoms with Crippen LogP contribution in [0.25, 0.3) is 6.15 Å². The second-order valence-electron chi connectivity index (χ2n) is 0.152. The second kappa shape index (κ2) is 6.02. The van der Waals surface area contributed by atoms with Crippen molar-refractivity contribution in [2.24, 2.45) is 0 Å². The van der Waals surface area contributed by atoms with Crippen molar-refractivity contribution in [3.05, 3.63) is 6.15 Å². The van der Waals surface area contributed by atoms with Crippen LogP contribution >= 0.6 is 40.9 Å². The molecule has 37 valence electrons. The van der Waals surface area contributed by atoms with E-state index < -0.39 is 10.1 Å². The molecule has 0 aromatic rings. The van der Waals surface area contributed by atoms with E-state index in [0.29, 0.717) is 0 Å². The molecule has 0 aromatic carbocycles. The van der Waals surface area contributed by atoms with Gasteiger partial charge in [-0.25, -0.2) is 0 Å². The van der Waals surface area contributed by atoms with Crippen molar-refractivity contribution in [3.8, 4) is 0 Å². The summed E-state index contributed by atoms with van der Waals surface area (Å²) in [5.41, 5.74) is 0. The summed E-state index contributed by atoms with van der Waals surface area (Å²) in [5, 5.41) is 0. The van der Waals surface area contributed by atoms with E-state index in [2.05, 4.69) is 40.9 Å². The Morgan fingerprint density at radius 2 is 1.00 bits per heavy atom. The second-order valence-corrected chi connectivity index (χ2v) is 24.2. The van der Waals surface area contributed by atoms with Crippen molar-refractivity contribution >= 4 is 40.9 Å². The summed E-state index contributed by atoms with van der Waals surface area (Å²) in [5.74, 6) is 0. The van der Waals surface area contributed by atoms with E-state index in [9.17, 15) is 0 Å². The third kappa shape index (κ3) is 23.8. The van der Waals surface area contributed by atoms with Gasteiger partial charge in [0.15, 0.2) is 0 Å². The Morgan fingerprint density at radius 3 is 1.00 bits per heavy atom. The number of nitrogens with two attached hydrogens (primary N) is 1. The standard InChI is InChI=1S/3BrH.H2N.Ru/h3*1H;1H2;/q;;;-1;+3/p-3. The van der Waals surface area contributed by atoms with Crippen LogP contribution in [0.15, 0.2) is 0 Å². The van der Waals surface area contributed by atoms with Gasteiger partial charge in [0, 0.05) is 0 Å². The van der Waals surface area contributed by atoms with Crippen LogP contribution < -0.4 is 0 Å². The minimum atomic E-state index is -0.732. The fraction of sp³-hybridized carbons (Fsp3) is 0. The van der Waals surface area contributed by atoms with Crippen molar-refractivity contribution in [1.82, 2.24) is 0 Å². The molecule has 0 fully saturated rings. The molecule has 2 N–H and O–H groups in total. The molecule has 0 aliphatic carbocycles. The first-order valence-electron chi connectivity index (χ1n) is 0.401. The predicted molar refractivity (Wildman–Crippen MR) is 32.1 cm³/mol. The number of hydrogen-bond acceptors (Lipinski definition) is 0. The molecular formula is H2Br3NRu-. The van der Waals surface area contributed by atoms with Gasteiger partial charge in [0.2, 0.25) is 0 Å². The molecule has 0 saturated heterocycles. The van der Waals surface area contributed by atoms with Crippen molar-refractivity contribution in [2.45, 2.75) is 0 Å². The Bertz CT molecular complexity index is 11.6. The van der Waals surface area contributed by atoms with Crippen LogP contribution in [0.3, 0.4) is 0 Å². The van der Waals surface area contributed by atoms with Crippen LogP contribution in [0, 0.1) is 0 Å². The maximum Gasteiger partial charge on any atom is -0.693 e. The Kier molecular flexibility index (Phi) is 12.2. The average Bonchev–Trinajstić information content (AvgIpc) is 0.811. The summed E-state index contributed by atoms with van der Waals surface area (Å²) in [4.78, 5) is 0. The van der Waals surface area contributed by atoms with Gasteiger partial charge in [0.25, 0.3) is 0 Å². The van der Waals surface area contributed by atoms with E-state index in [1.54, 1.807) is 0 Å². The van der Waals surface area contributed by atoms with Crippen molar-refractivity contribution in [3.63, 3.8) is 0 Å². The number of rotatable bonds is 0. The monoisotopic (exact) mass is 355 g/mol.